The first kappa shape index (κ1) is 8.04. The highest BCUT2D eigenvalue weighted by Crippen LogP contribution is 2.16. The van der Waals surface area contributed by atoms with Crippen LogP contribution in [0.2, 0.25) is 0 Å². The molecule has 0 nitrogen and oxygen atoms in total. The van der Waals surface area contributed by atoms with Gasteiger partial charge in [0.15, 0.2) is 17.5 Å². The van der Waals surface area contributed by atoms with Gasteiger partial charge in [-0.2, -0.15) is 0 Å². The summed E-state index contributed by atoms with van der Waals surface area (Å²) >= 11 is 0. The van der Waals surface area contributed by atoms with Crippen LogP contribution >= 0.6 is 0 Å². The summed E-state index contributed by atoms with van der Waals surface area (Å²) in [5, 5.41) is 0. The summed E-state index contributed by atoms with van der Waals surface area (Å²) in [5.41, 5.74) is -0.566. The molecule has 0 aliphatic rings. The first-order valence-corrected chi connectivity index (χ1v) is 2.76. The molecule has 1 aromatic rings. The van der Waals surface area contributed by atoms with Crippen molar-refractivity contribution in [3.8, 4) is 0 Å². The van der Waals surface area contributed by atoms with Crippen molar-refractivity contribution in [2.45, 2.75) is 6.92 Å². The molecule has 1 rings (SSSR count). The fourth-order valence-corrected chi connectivity index (χ4v) is 0.602. The molecule has 1 radical (unpaired) electrons. The van der Waals surface area contributed by atoms with Crippen LogP contribution in [-0.2, 0) is 0 Å². The average Bonchev–Trinajstić information content (AvgIpc) is 1.97. The van der Waals surface area contributed by atoms with Crippen molar-refractivity contribution >= 4 is 0 Å². The summed E-state index contributed by atoms with van der Waals surface area (Å²) in [7, 11) is 0. The number of hydrogen-bond donors (Lipinski definition) is 0. The molecule has 0 saturated heterocycles. The molecule has 0 aromatic heterocycles. The summed E-state index contributed by atoms with van der Waals surface area (Å²) in [4.78, 5) is 0. The maximum Gasteiger partial charge on any atom is 0.195 e. The third-order valence-corrected chi connectivity index (χ3v) is 1.26. The minimum absolute atomic E-state index is 0.566. The standard InChI is InChI=1S/C7H3F4/c1-3-4(8)2-5(9)7(11)6(3)10/h1H3. The van der Waals surface area contributed by atoms with Crippen molar-refractivity contribution in [3.63, 3.8) is 0 Å². The SMILES string of the molecule is Cc1c(F)[c]c(F)c(F)c1F. The molecule has 0 atom stereocenters. The molecule has 0 aliphatic carbocycles. The zero-order valence-corrected chi connectivity index (χ0v) is 5.51. The van der Waals surface area contributed by atoms with Crippen LogP contribution in [0.4, 0.5) is 17.6 Å². The summed E-state index contributed by atoms with van der Waals surface area (Å²) in [5.74, 6) is -6.03. The Hall–Kier alpha value is -1.06. The summed E-state index contributed by atoms with van der Waals surface area (Å²) in [6, 6.07) is 1.40. The van der Waals surface area contributed by atoms with Crippen molar-refractivity contribution in [1.29, 1.82) is 0 Å². The van der Waals surface area contributed by atoms with Crippen molar-refractivity contribution < 1.29 is 17.6 Å². The highest BCUT2D eigenvalue weighted by molar-refractivity contribution is 5.19. The summed E-state index contributed by atoms with van der Waals surface area (Å²) in [6.45, 7) is 1.00. The number of benzene rings is 1. The lowest BCUT2D eigenvalue weighted by molar-refractivity contribution is 0.427. The quantitative estimate of drug-likeness (QED) is 0.313. The van der Waals surface area contributed by atoms with E-state index in [9.17, 15) is 17.6 Å². The second kappa shape index (κ2) is 2.53. The molecule has 0 heterocycles. The second-order valence-electron chi connectivity index (χ2n) is 2.01. The van der Waals surface area contributed by atoms with Crippen LogP contribution in [0, 0.1) is 36.3 Å². The molecule has 59 valence electrons. The summed E-state index contributed by atoms with van der Waals surface area (Å²) < 4.78 is 49.0. The van der Waals surface area contributed by atoms with Gasteiger partial charge in [0, 0.05) is 5.56 Å². The molecular weight excluding hydrogens is 160 g/mol. The minimum atomic E-state index is -1.69. The van der Waals surface area contributed by atoms with Gasteiger partial charge >= 0.3 is 0 Å². The summed E-state index contributed by atoms with van der Waals surface area (Å²) in [6.07, 6.45) is 0. The molecule has 4 heteroatoms. The Bertz CT molecular complexity index is 267. The predicted octanol–water partition coefficient (Wildman–Crippen LogP) is 2.35. The van der Waals surface area contributed by atoms with Crippen LogP contribution in [-0.4, -0.2) is 0 Å². The minimum Gasteiger partial charge on any atom is -0.206 e. The monoisotopic (exact) mass is 163 g/mol. The van der Waals surface area contributed by atoms with E-state index < -0.39 is 28.8 Å². The van der Waals surface area contributed by atoms with Crippen LogP contribution in [0.5, 0.6) is 0 Å². The lowest BCUT2D eigenvalue weighted by Gasteiger charge is -1.98. The number of halogens is 4. The Morgan fingerprint density at radius 3 is 2.00 bits per heavy atom. The molecule has 0 fully saturated rings. The molecule has 0 spiro atoms. The van der Waals surface area contributed by atoms with E-state index in [4.69, 9.17) is 0 Å². The Morgan fingerprint density at radius 1 is 0.909 bits per heavy atom. The molecule has 0 saturated carbocycles. The van der Waals surface area contributed by atoms with Crippen molar-refractivity contribution in [1.82, 2.24) is 0 Å². The first-order chi connectivity index (χ1) is 5.04. The van der Waals surface area contributed by atoms with Crippen LogP contribution in [0.1, 0.15) is 5.56 Å². The van der Waals surface area contributed by atoms with E-state index in [0.29, 0.717) is 0 Å². The zero-order valence-electron chi connectivity index (χ0n) is 5.51. The van der Waals surface area contributed by atoms with Crippen LogP contribution in [0.15, 0.2) is 0 Å². The van der Waals surface area contributed by atoms with Crippen LogP contribution in [0.25, 0.3) is 0 Å². The van der Waals surface area contributed by atoms with Gasteiger partial charge in [-0.25, -0.2) is 17.6 Å². The van der Waals surface area contributed by atoms with E-state index in [2.05, 4.69) is 0 Å². The van der Waals surface area contributed by atoms with E-state index in [0.717, 1.165) is 6.92 Å². The van der Waals surface area contributed by atoms with E-state index in [1.807, 2.05) is 0 Å². The largest absolute Gasteiger partial charge is 0.206 e. The molecular formula is C7H3F4. The Balaban J connectivity index is 3.46. The average molecular weight is 163 g/mol. The molecule has 1 aromatic carbocycles. The van der Waals surface area contributed by atoms with Crippen molar-refractivity contribution in [3.05, 3.63) is 34.9 Å². The molecule has 0 N–H and O–H groups in total. The van der Waals surface area contributed by atoms with E-state index >= 15 is 0 Å². The smallest absolute Gasteiger partial charge is 0.195 e. The lowest BCUT2D eigenvalue weighted by Crippen LogP contribution is -1.97. The van der Waals surface area contributed by atoms with E-state index in [1.54, 1.807) is 0 Å². The zero-order chi connectivity index (χ0) is 8.59. The molecule has 0 amide bonds. The van der Waals surface area contributed by atoms with Gasteiger partial charge in [0.2, 0.25) is 0 Å². The molecule has 11 heavy (non-hydrogen) atoms. The van der Waals surface area contributed by atoms with Crippen LogP contribution < -0.4 is 0 Å². The predicted molar refractivity (Wildman–Crippen MR) is 29.8 cm³/mol. The molecule has 0 bridgehead atoms. The third-order valence-electron chi connectivity index (χ3n) is 1.26. The van der Waals surface area contributed by atoms with Gasteiger partial charge in [0.25, 0.3) is 0 Å². The third kappa shape index (κ3) is 1.20. The Morgan fingerprint density at radius 2 is 1.45 bits per heavy atom. The topological polar surface area (TPSA) is 0 Å². The first-order valence-electron chi connectivity index (χ1n) is 2.76. The molecule has 0 aliphatic heterocycles. The van der Waals surface area contributed by atoms with Gasteiger partial charge in [0.1, 0.15) is 5.82 Å². The van der Waals surface area contributed by atoms with Crippen molar-refractivity contribution in [2.75, 3.05) is 0 Å². The maximum atomic E-state index is 12.4. The van der Waals surface area contributed by atoms with Crippen molar-refractivity contribution in [2.24, 2.45) is 0 Å². The number of hydrogen-bond acceptors (Lipinski definition) is 0. The normalized spacial score (nSPS) is 10.3. The van der Waals surface area contributed by atoms with Crippen LogP contribution in [0.3, 0.4) is 0 Å². The van der Waals surface area contributed by atoms with Gasteiger partial charge in [0.05, 0.1) is 6.07 Å². The van der Waals surface area contributed by atoms with Gasteiger partial charge in [-0.05, 0) is 6.92 Å². The fraction of sp³-hybridized carbons (Fsp3) is 0.143. The number of rotatable bonds is 0. The maximum absolute atomic E-state index is 12.4. The Labute approximate surface area is 60.5 Å². The molecule has 0 unspecified atom stereocenters. The van der Waals surface area contributed by atoms with Gasteiger partial charge in [-0.3, -0.25) is 0 Å². The van der Waals surface area contributed by atoms with Gasteiger partial charge in [-0.15, -0.1) is 0 Å². The fourth-order valence-electron chi connectivity index (χ4n) is 0.602. The highest BCUT2D eigenvalue weighted by atomic mass is 19.2. The Kier molecular flexibility index (Phi) is 1.85. The lowest BCUT2D eigenvalue weighted by atomic mass is 10.2. The van der Waals surface area contributed by atoms with Gasteiger partial charge in [-0.1, -0.05) is 0 Å². The second-order valence-corrected chi connectivity index (χ2v) is 2.01. The van der Waals surface area contributed by atoms with E-state index in [1.165, 1.54) is 6.07 Å². The van der Waals surface area contributed by atoms with Gasteiger partial charge < -0.3 is 0 Å². The highest BCUT2D eigenvalue weighted by Gasteiger charge is 2.15. The van der Waals surface area contributed by atoms with E-state index in [-0.39, 0.29) is 0 Å².